The van der Waals surface area contributed by atoms with Gasteiger partial charge < -0.3 is 15.2 Å². The third kappa shape index (κ3) is 6.86. The highest BCUT2D eigenvalue weighted by Gasteiger charge is 2.10. The summed E-state index contributed by atoms with van der Waals surface area (Å²) in [5.41, 5.74) is 0. The van der Waals surface area contributed by atoms with Gasteiger partial charge in [0.25, 0.3) is 0 Å². The van der Waals surface area contributed by atoms with Gasteiger partial charge in [-0.1, -0.05) is 13.8 Å². The molecule has 2 N–H and O–H groups in total. The Morgan fingerprint density at radius 3 is 2.64 bits per heavy atom. The van der Waals surface area contributed by atoms with Gasteiger partial charge in [-0.05, 0) is 12.3 Å². The average Bonchev–Trinajstić information content (AvgIpc) is 2.14. The van der Waals surface area contributed by atoms with Gasteiger partial charge in [0.2, 0.25) is 5.91 Å². The van der Waals surface area contributed by atoms with Crippen molar-refractivity contribution in [2.24, 2.45) is 5.92 Å². The molecule has 0 aliphatic carbocycles. The molecule has 0 aromatic rings. The number of nitrogens with one attached hydrogen (secondary N) is 1. The Morgan fingerprint density at radius 2 is 2.14 bits per heavy atom. The first-order valence-electron chi connectivity index (χ1n) is 5.01. The van der Waals surface area contributed by atoms with E-state index in [0.29, 0.717) is 19.6 Å². The van der Waals surface area contributed by atoms with Gasteiger partial charge in [0.1, 0.15) is 0 Å². The molecule has 0 aliphatic heterocycles. The Labute approximate surface area is 85.6 Å². The molecule has 0 rings (SSSR count). The number of methoxy groups -OCH3 is 1. The van der Waals surface area contributed by atoms with Gasteiger partial charge in [0.05, 0.1) is 6.10 Å². The summed E-state index contributed by atoms with van der Waals surface area (Å²) in [5, 5.41) is 12.1. The maximum Gasteiger partial charge on any atom is 0.220 e. The van der Waals surface area contributed by atoms with Crippen molar-refractivity contribution in [2.45, 2.75) is 32.8 Å². The average molecular weight is 203 g/mol. The van der Waals surface area contributed by atoms with E-state index in [-0.39, 0.29) is 11.8 Å². The zero-order chi connectivity index (χ0) is 11.0. The zero-order valence-electron chi connectivity index (χ0n) is 9.25. The van der Waals surface area contributed by atoms with Crippen LogP contribution < -0.4 is 5.32 Å². The highest BCUT2D eigenvalue weighted by molar-refractivity contribution is 5.75. The maximum atomic E-state index is 11.2. The number of amides is 1. The van der Waals surface area contributed by atoms with E-state index in [2.05, 4.69) is 5.32 Å². The Morgan fingerprint density at radius 1 is 1.50 bits per heavy atom. The van der Waals surface area contributed by atoms with Crippen LogP contribution in [0.1, 0.15) is 26.7 Å². The van der Waals surface area contributed by atoms with Crippen LogP contribution in [-0.2, 0) is 9.53 Å². The predicted molar refractivity (Wildman–Crippen MR) is 55.0 cm³/mol. The number of carbonyl (C=O) groups excluding carboxylic acids is 1. The van der Waals surface area contributed by atoms with Gasteiger partial charge >= 0.3 is 0 Å². The largest absolute Gasteiger partial charge is 0.391 e. The summed E-state index contributed by atoms with van der Waals surface area (Å²) < 4.78 is 4.83. The number of hydrogen-bond donors (Lipinski definition) is 2. The SMILES string of the molecule is COCCCC(=O)NCC(O)C(C)C. The number of hydrogen-bond acceptors (Lipinski definition) is 3. The molecule has 0 aliphatic rings. The van der Waals surface area contributed by atoms with E-state index in [1.807, 2.05) is 13.8 Å². The van der Waals surface area contributed by atoms with Crippen LogP contribution >= 0.6 is 0 Å². The Hall–Kier alpha value is -0.610. The van der Waals surface area contributed by atoms with Crippen molar-refractivity contribution in [3.63, 3.8) is 0 Å². The molecule has 14 heavy (non-hydrogen) atoms. The molecular formula is C10H21NO3. The van der Waals surface area contributed by atoms with Crippen LogP contribution in [-0.4, -0.2) is 37.4 Å². The molecule has 0 aromatic heterocycles. The molecule has 0 heterocycles. The first-order chi connectivity index (χ1) is 6.57. The van der Waals surface area contributed by atoms with Crippen LogP contribution in [0.15, 0.2) is 0 Å². The van der Waals surface area contributed by atoms with E-state index >= 15 is 0 Å². The second-order valence-corrected chi connectivity index (χ2v) is 3.71. The number of carbonyl (C=O) groups is 1. The van der Waals surface area contributed by atoms with Crippen LogP contribution in [0.2, 0.25) is 0 Å². The molecule has 4 nitrogen and oxygen atoms in total. The highest BCUT2D eigenvalue weighted by atomic mass is 16.5. The first-order valence-corrected chi connectivity index (χ1v) is 5.01. The number of aliphatic hydroxyl groups is 1. The van der Waals surface area contributed by atoms with Crippen molar-refractivity contribution >= 4 is 5.91 Å². The van der Waals surface area contributed by atoms with Gasteiger partial charge in [0, 0.05) is 26.7 Å². The lowest BCUT2D eigenvalue weighted by atomic mass is 10.1. The van der Waals surface area contributed by atoms with E-state index in [0.717, 1.165) is 6.42 Å². The summed E-state index contributed by atoms with van der Waals surface area (Å²) in [5.74, 6) is 0.149. The van der Waals surface area contributed by atoms with Crippen LogP contribution in [0.3, 0.4) is 0 Å². The molecule has 1 amide bonds. The molecule has 0 spiro atoms. The van der Waals surface area contributed by atoms with E-state index in [1.165, 1.54) is 0 Å². The molecule has 4 heteroatoms. The van der Waals surface area contributed by atoms with Crippen molar-refractivity contribution in [2.75, 3.05) is 20.3 Å². The lowest BCUT2D eigenvalue weighted by molar-refractivity contribution is -0.122. The summed E-state index contributed by atoms with van der Waals surface area (Å²) in [7, 11) is 1.61. The first kappa shape index (κ1) is 13.4. The highest BCUT2D eigenvalue weighted by Crippen LogP contribution is 1.99. The quantitative estimate of drug-likeness (QED) is 0.594. The van der Waals surface area contributed by atoms with E-state index < -0.39 is 6.10 Å². The monoisotopic (exact) mass is 203 g/mol. The van der Waals surface area contributed by atoms with Gasteiger partial charge in [-0.2, -0.15) is 0 Å². The summed E-state index contributed by atoms with van der Waals surface area (Å²) in [6, 6.07) is 0. The van der Waals surface area contributed by atoms with E-state index in [9.17, 15) is 9.90 Å². The van der Waals surface area contributed by atoms with Crippen LogP contribution in [0.5, 0.6) is 0 Å². The summed E-state index contributed by atoms with van der Waals surface area (Å²) in [4.78, 5) is 11.2. The number of rotatable bonds is 7. The molecule has 0 bridgehead atoms. The molecule has 0 radical (unpaired) electrons. The molecule has 1 atom stereocenters. The molecule has 84 valence electrons. The Bertz CT molecular complexity index is 159. The van der Waals surface area contributed by atoms with Crippen molar-refractivity contribution < 1.29 is 14.6 Å². The van der Waals surface area contributed by atoms with Crippen molar-refractivity contribution in [1.29, 1.82) is 0 Å². The summed E-state index contributed by atoms with van der Waals surface area (Å²) in [6.45, 7) is 4.77. The van der Waals surface area contributed by atoms with E-state index in [1.54, 1.807) is 7.11 Å². The fourth-order valence-corrected chi connectivity index (χ4v) is 0.920. The zero-order valence-corrected chi connectivity index (χ0v) is 9.25. The normalized spacial score (nSPS) is 12.9. The minimum atomic E-state index is -0.457. The molecule has 1 unspecified atom stereocenters. The van der Waals surface area contributed by atoms with Crippen molar-refractivity contribution in [1.82, 2.24) is 5.32 Å². The third-order valence-corrected chi connectivity index (χ3v) is 2.03. The summed E-state index contributed by atoms with van der Waals surface area (Å²) in [6.07, 6.45) is 0.722. The van der Waals surface area contributed by atoms with E-state index in [4.69, 9.17) is 4.74 Å². The minimum Gasteiger partial charge on any atom is -0.391 e. The van der Waals surface area contributed by atoms with Gasteiger partial charge in [-0.3, -0.25) is 4.79 Å². The molecule has 0 saturated heterocycles. The van der Waals surface area contributed by atoms with Gasteiger partial charge in [-0.25, -0.2) is 0 Å². The lowest BCUT2D eigenvalue weighted by Gasteiger charge is -2.14. The standard InChI is InChI=1S/C10H21NO3/c1-8(2)9(12)7-11-10(13)5-4-6-14-3/h8-9,12H,4-7H2,1-3H3,(H,11,13). The fraction of sp³-hybridized carbons (Fsp3) is 0.900. The lowest BCUT2D eigenvalue weighted by Crippen LogP contribution is -2.34. The van der Waals surface area contributed by atoms with Crippen molar-refractivity contribution in [3.05, 3.63) is 0 Å². The second kappa shape index (κ2) is 7.76. The smallest absolute Gasteiger partial charge is 0.220 e. The fourth-order valence-electron chi connectivity index (χ4n) is 0.920. The third-order valence-electron chi connectivity index (χ3n) is 2.03. The van der Waals surface area contributed by atoms with Crippen LogP contribution in [0.4, 0.5) is 0 Å². The number of aliphatic hydroxyl groups excluding tert-OH is 1. The van der Waals surface area contributed by atoms with Crippen molar-refractivity contribution in [3.8, 4) is 0 Å². The minimum absolute atomic E-state index is 0.0262. The van der Waals surface area contributed by atoms with Crippen LogP contribution in [0, 0.1) is 5.92 Å². The number of ether oxygens (including phenoxy) is 1. The molecule has 0 fully saturated rings. The Kier molecular flexibility index (Phi) is 7.42. The predicted octanol–water partition coefficient (Wildman–Crippen LogP) is 0.546. The van der Waals surface area contributed by atoms with Gasteiger partial charge in [0.15, 0.2) is 0 Å². The molecule has 0 saturated carbocycles. The second-order valence-electron chi connectivity index (χ2n) is 3.71. The molecule has 0 aromatic carbocycles. The van der Waals surface area contributed by atoms with Crippen LogP contribution in [0.25, 0.3) is 0 Å². The topological polar surface area (TPSA) is 58.6 Å². The van der Waals surface area contributed by atoms with Gasteiger partial charge in [-0.15, -0.1) is 0 Å². The summed E-state index contributed by atoms with van der Waals surface area (Å²) >= 11 is 0. The Balaban J connectivity index is 3.44. The molecular weight excluding hydrogens is 182 g/mol. The maximum absolute atomic E-state index is 11.2.